The SMILES string of the molecule is Fc1cc(Cl)ccc1-c1nnc(CNC2CC2)s1. The summed E-state index contributed by atoms with van der Waals surface area (Å²) in [5.74, 6) is -0.361. The topological polar surface area (TPSA) is 37.8 Å². The molecule has 0 radical (unpaired) electrons. The minimum absolute atomic E-state index is 0.361. The molecule has 6 heteroatoms. The first kappa shape index (κ1) is 12.0. The molecule has 0 spiro atoms. The van der Waals surface area contributed by atoms with Crippen LogP contribution in [-0.4, -0.2) is 16.2 Å². The van der Waals surface area contributed by atoms with E-state index in [4.69, 9.17) is 11.6 Å². The fourth-order valence-electron chi connectivity index (χ4n) is 1.62. The predicted octanol–water partition coefficient (Wildman–Crippen LogP) is 3.25. The van der Waals surface area contributed by atoms with E-state index in [1.807, 2.05) is 0 Å². The van der Waals surface area contributed by atoms with Gasteiger partial charge in [-0.25, -0.2) is 4.39 Å². The Morgan fingerprint density at radius 3 is 2.94 bits per heavy atom. The van der Waals surface area contributed by atoms with E-state index < -0.39 is 0 Å². The normalized spacial score (nSPS) is 15.0. The van der Waals surface area contributed by atoms with Crippen molar-refractivity contribution >= 4 is 22.9 Å². The molecule has 1 saturated carbocycles. The summed E-state index contributed by atoms with van der Waals surface area (Å²) in [5.41, 5.74) is 0.453. The van der Waals surface area contributed by atoms with Crippen molar-refractivity contribution in [2.75, 3.05) is 0 Å². The summed E-state index contributed by atoms with van der Waals surface area (Å²) in [6, 6.07) is 5.21. The molecule has 2 aromatic rings. The molecule has 0 bridgehead atoms. The molecule has 1 aliphatic carbocycles. The number of benzene rings is 1. The van der Waals surface area contributed by atoms with Gasteiger partial charge in [0.1, 0.15) is 10.8 Å². The van der Waals surface area contributed by atoms with Crippen LogP contribution in [0.3, 0.4) is 0 Å². The zero-order valence-electron chi connectivity index (χ0n) is 9.49. The van der Waals surface area contributed by atoms with E-state index in [-0.39, 0.29) is 5.82 Å². The van der Waals surface area contributed by atoms with E-state index in [2.05, 4.69) is 15.5 Å². The molecule has 18 heavy (non-hydrogen) atoms. The lowest BCUT2D eigenvalue weighted by Crippen LogP contribution is -2.14. The molecule has 1 heterocycles. The highest BCUT2D eigenvalue weighted by atomic mass is 35.5. The lowest BCUT2D eigenvalue weighted by atomic mass is 10.2. The van der Waals surface area contributed by atoms with Gasteiger partial charge in [-0.15, -0.1) is 10.2 Å². The molecule has 1 N–H and O–H groups in total. The van der Waals surface area contributed by atoms with Crippen LogP contribution in [-0.2, 0) is 6.54 Å². The summed E-state index contributed by atoms with van der Waals surface area (Å²) in [6.45, 7) is 0.706. The maximum Gasteiger partial charge on any atom is 0.150 e. The maximum atomic E-state index is 13.7. The average molecular weight is 284 g/mol. The van der Waals surface area contributed by atoms with Crippen molar-refractivity contribution in [1.82, 2.24) is 15.5 Å². The highest BCUT2D eigenvalue weighted by Crippen LogP contribution is 2.28. The standard InChI is InChI=1S/C12H11ClFN3S/c13-7-1-4-9(10(14)5-7)12-17-16-11(18-12)6-15-8-2-3-8/h1,4-5,8,15H,2-3,6H2. The molecule has 0 saturated heterocycles. The van der Waals surface area contributed by atoms with Crippen LogP contribution >= 0.6 is 22.9 Å². The van der Waals surface area contributed by atoms with Gasteiger partial charge in [-0.05, 0) is 31.0 Å². The van der Waals surface area contributed by atoms with Crippen LogP contribution in [0.1, 0.15) is 17.8 Å². The molecular formula is C12H11ClFN3S. The Balaban J connectivity index is 1.78. The highest BCUT2D eigenvalue weighted by molar-refractivity contribution is 7.14. The largest absolute Gasteiger partial charge is 0.308 e. The first-order valence-corrected chi connectivity index (χ1v) is 6.93. The molecule has 0 aliphatic heterocycles. The molecular weight excluding hydrogens is 273 g/mol. The number of nitrogens with zero attached hydrogens (tertiary/aromatic N) is 2. The molecule has 0 atom stereocenters. The Labute approximate surface area is 113 Å². The second kappa shape index (κ2) is 4.91. The van der Waals surface area contributed by atoms with Gasteiger partial charge in [-0.2, -0.15) is 0 Å². The van der Waals surface area contributed by atoms with E-state index in [1.165, 1.54) is 30.2 Å². The number of hydrogen-bond donors (Lipinski definition) is 1. The second-order valence-electron chi connectivity index (χ2n) is 4.28. The Morgan fingerprint density at radius 1 is 1.39 bits per heavy atom. The van der Waals surface area contributed by atoms with E-state index in [9.17, 15) is 4.39 Å². The van der Waals surface area contributed by atoms with Gasteiger partial charge in [0.15, 0.2) is 5.01 Å². The number of aromatic nitrogens is 2. The van der Waals surface area contributed by atoms with E-state index in [1.54, 1.807) is 12.1 Å². The van der Waals surface area contributed by atoms with Crippen molar-refractivity contribution in [3.05, 3.63) is 34.0 Å². The van der Waals surface area contributed by atoms with Gasteiger partial charge in [0.25, 0.3) is 0 Å². The Morgan fingerprint density at radius 2 is 2.22 bits per heavy atom. The first-order chi connectivity index (χ1) is 8.72. The smallest absolute Gasteiger partial charge is 0.150 e. The maximum absolute atomic E-state index is 13.7. The molecule has 1 aromatic heterocycles. The van der Waals surface area contributed by atoms with Gasteiger partial charge in [0.05, 0.1) is 0 Å². The lowest BCUT2D eigenvalue weighted by molar-refractivity contribution is 0.631. The van der Waals surface area contributed by atoms with Crippen molar-refractivity contribution in [2.24, 2.45) is 0 Å². The van der Waals surface area contributed by atoms with Crippen molar-refractivity contribution in [1.29, 1.82) is 0 Å². The quantitative estimate of drug-likeness (QED) is 0.936. The van der Waals surface area contributed by atoms with Crippen LogP contribution < -0.4 is 5.32 Å². The van der Waals surface area contributed by atoms with Gasteiger partial charge in [0.2, 0.25) is 0 Å². The fraction of sp³-hybridized carbons (Fsp3) is 0.333. The number of hydrogen-bond acceptors (Lipinski definition) is 4. The van der Waals surface area contributed by atoms with Gasteiger partial charge in [0, 0.05) is 23.2 Å². The van der Waals surface area contributed by atoms with E-state index >= 15 is 0 Å². The highest BCUT2D eigenvalue weighted by Gasteiger charge is 2.21. The predicted molar refractivity (Wildman–Crippen MR) is 70.2 cm³/mol. The summed E-state index contributed by atoms with van der Waals surface area (Å²) in [5, 5.41) is 13.3. The summed E-state index contributed by atoms with van der Waals surface area (Å²) >= 11 is 7.13. The zero-order chi connectivity index (χ0) is 12.5. The molecule has 0 amide bonds. The Hall–Kier alpha value is -1.04. The van der Waals surface area contributed by atoms with E-state index in [0.717, 1.165) is 5.01 Å². The Kier molecular flexibility index (Phi) is 3.28. The first-order valence-electron chi connectivity index (χ1n) is 5.73. The number of halogens is 2. The van der Waals surface area contributed by atoms with Gasteiger partial charge >= 0.3 is 0 Å². The van der Waals surface area contributed by atoms with Crippen molar-refractivity contribution in [3.63, 3.8) is 0 Å². The van der Waals surface area contributed by atoms with Crippen LogP contribution in [0.15, 0.2) is 18.2 Å². The van der Waals surface area contributed by atoms with Crippen molar-refractivity contribution < 1.29 is 4.39 Å². The molecule has 1 aromatic carbocycles. The van der Waals surface area contributed by atoms with Crippen LogP contribution in [0, 0.1) is 5.82 Å². The van der Waals surface area contributed by atoms with Crippen LogP contribution in [0.5, 0.6) is 0 Å². The fourth-order valence-corrected chi connectivity index (χ4v) is 2.59. The third-order valence-electron chi connectivity index (χ3n) is 2.75. The number of nitrogens with one attached hydrogen (secondary N) is 1. The van der Waals surface area contributed by atoms with Gasteiger partial charge < -0.3 is 5.32 Å². The van der Waals surface area contributed by atoms with Crippen LogP contribution in [0.25, 0.3) is 10.6 Å². The second-order valence-corrected chi connectivity index (χ2v) is 5.78. The summed E-state index contributed by atoms with van der Waals surface area (Å²) in [7, 11) is 0. The molecule has 3 rings (SSSR count). The van der Waals surface area contributed by atoms with Crippen molar-refractivity contribution in [2.45, 2.75) is 25.4 Å². The zero-order valence-corrected chi connectivity index (χ0v) is 11.1. The molecule has 3 nitrogen and oxygen atoms in total. The van der Waals surface area contributed by atoms with Gasteiger partial charge in [-0.1, -0.05) is 22.9 Å². The van der Waals surface area contributed by atoms with Crippen molar-refractivity contribution in [3.8, 4) is 10.6 Å². The molecule has 0 unspecified atom stereocenters. The summed E-state index contributed by atoms with van der Waals surface area (Å²) < 4.78 is 13.7. The summed E-state index contributed by atoms with van der Waals surface area (Å²) in [6.07, 6.45) is 2.47. The van der Waals surface area contributed by atoms with Crippen LogP contribution in [0.4, 0.5) is 4.39 Å². The molecule has 1 fully saturated rings. The minimum atomic E-state index is -0.361. The third kappa shape index (κ3) is 2.68. The summed E-state index contributed by atoms with van der Waals surface area (Å²) in [4.78, 5) is 0. The average Bonchev–Trinajstić information content (AvgIpc) is 3.05. The van der Waals surface area contributed by atoms with Crippen LogP contribution in [0.2, 0.25) is 5.02 Å². The van der Waals surface area contributed by atoms with Gasteiger partial charge in [-0.3, -0.25) is 0 Å². The molecule has 94 valence electrons. The monoisotopic (exact) mass is 283 g/mol. The third-order valence-corrected chi connectivity index (χ3v) is 3.94. The molecule has 1 aliphatic rings. The Bertz CT molecular complexity index is 568. The van der Waals surface area contributed by atoms with E-state index in [0.29, 0.717) is 28.2 Å². The lowest BCUT2D eigenvalue weighted by Gasteiger charge is -1.98. The number of rotatable bonds is 4. The minimum Gasteiger partial charge on any atom is -0.308 e.